The first-order valence-electron chi connectivity index (χ1n) is 5.37. The van der Waals surface area contributed by atoms with Crippen LogP contribution in [0.4, 0.5) is 48.3 Å². The molecule has 15 heteroatoms. The molecule has 0 fully saturated rings. The number of aromatic amines is 1. The topological polar surface area (TPSA) is 37.9 Å². The van der Waals surface area contributed by atoms with Crippen LogP contribution in [-0.4, -0.2) is 34.6 Å². The molecule has 0 aliphatic heterocycles. The van der Waals surface area contributed by atoms with E-state index in [1.54, 1.807) is 5.10 Å². The maximum atomic E-state index is 14.0. The van der Waals surface area contributed by atoms with Crippen LogP contribution in [-0.2, 0) is 10.6 Å². The van der Waals surface area contributed by atoms with Gasteiger partial charge in [0.2, 0.25) is 0 Å². The molecule has 140 valence electrons. The molecule has 0 aliphatic rings. The summed E-state index contributed by atoms with van der Waals surface area (Å²) >= 11 is 5.16. The largest absolute Gasteiger partial charge is 0.462 e. The van der Waals surface area contributed by atoms with Gasteiger partial charge in [0.15, 0.2) is 5.69 Å². The summed E-state index contributed by atoms with van der Waals surface area (Å²) in [5.41, 5.74) is -2.71. The second kappa shape index (κ2) is 5.61. The first-order valence-corrected chi connectivity index (χ1v) is 5.75. The fourth-order valence-corrected chi connectivity index (χ4v) is 1.48. The predicted molar refractivity (Wildman–Crippen MR) is 54.2 cm³/mol. The van der Waals surface area contributed by atoms with Crippen molar-refractivity contribution >= 4 is 11.6 Å². The van der Waals surface area contributed by atoms with Gasteiger partial charge in [0.05, 0.1) is 10.7 Å². The average molecular weight is 401 g/mol. The highest BCUT2D eigenvalue weighted by Crippen LogP contribution is 2.54. The molecule has 1 heterocycles. The Morgan fingerprint density at radius 1 is 0.875 bits per heavy atom. The fourth-order valence-electron chi connectivity index (χ4n) is 1.27. The van der Waals surface area contributed by atoms with Gasteiger partial charge in [-0.2, -0.15) is 53.4 Å². The van der Waals surface area contributed by atoms with Crippen molar-refractivity contribution in [3.8, 4) is 0 Å². The zero-order chi connectivity index (χ0) is 19.4. The fraction of sp³-hybridized carbons (Fsp3) is 0.667. The minimum absolute atomic E-state index is 0.521. The lowest BCUT2D eigenvalue weighted by atomic mass is 10.2. The molecule has 1 rings (SSSR count). The van der Waals surface area contributed by atoms with Gasteiger partial charge in [-0.05, 0) is 6.92 Å². The molecule has 1 aromatic rings. The van der Waals surface area contributed by atoms with Crippen LogP contribution >= 0.6 is 11.6 Å². The summed E-state index contributed by atoms with van der Waals surface area (Å²) in [5, 5.41) is 2.87. The lowest BCUT2D eigenvalue weighted by molar-refractivity contribution is -0.488. The number of nitrogens with one attached hydrogen (secondary N) is 1. The zero-order valence-corrected chi connectivity index (χ0v) is 11.6. The maximum Gasteiger partial charge on any atom is 0.462 e. The third kappa shape index (κ3) is 3.12. The van der Waals surface area contributed by atoms with E-state index in [2.05, 4.69) is 9.84 Å². The third-order valence-electron chi connectivity index (χ3n) is 2.53. The van der Waals surface area contributed by atoms with Crippen molar-refractivity contribution in [3.63, 3.8) is 0 Å². The third-order valence-corrected chi connectivity index (χ3v) is 2.99. The quantitative estimate of drug-likeness (QED) is 0.733. The van der Waals surface area contributed by atoms with Crippen molar-refractivity contribution in [1.82, 2.24) is 10.2 Å². The first kappa shape index (κ1) is 20.7. The van der Waals surface area contributed by atoms with E-state index in [1.807, 2.05) is 0 Å². The molecule has 0 spiro atoms. The van der Waals surface area contributed by atoms with E-state index in [1.165, 1.54) is 0 Å². The SMILES string of the molecule is Cc1[nH]nc([C@@](F)(OC(F)(F)C(F)(F)C(F)(F)F)C(F)(F)F)c1Cl. The van der Waals surface area contributed by atoms with Crippen molar-refractivity contribution in [2.24, 2.45) is 0 Å². The molecule has 0 aromatic carbocycles. The second-order valence-electron chi connectivity index (χ2n) is 4.30. The van der Waals surface area contributed by atoms with Crippen LogP contribution in [0.15, 0.2) is 0 Å². The van der Waals surface area contributed by atoms with Crippen LogP contribution < -0.4 is 0 Å². The van der Waals surface area contributed by atoms with Crippen LogP contribution in [0.1, 0.15) is 11.4 Å². The van der Waals surface area contributed by atoms with Crippen LogP contribution in [0, 0.1) is 6.92 Å². The van der Waals surface area contributed by atoms with Crippen LogP contribution in [0.25, 0.3) is 0 Å². The summed E-state index contributed by atoms with van der Waals surface area (Å²) in [6.45, 7) is 0.887. The van der Waals surface area contributed by atoms with Crippen molar-refractivity contribution < 1.29 is 53.0 Å². The first-order chi connectivity index (χ1) is 10.4. The van der Waals surface area contributed by atoms with Gasteiger partial charge in [-0.25, -0.2) is 0 Å². The number of H-pyrrole nitrogens is 1. The van der Waals surface area contributed by atoms with E-state index in [0.717, 1.165) is 6.92 Å². The summed E-state index contributed by atoms with van der Waals surface area (Å²) in [4.78, 5) is 0. The normalized spacial score (nSPS) is 17.0. The predicted octanol–water partition coefficient (Wildman–Crippen LogP) is 4.86. The van der Waals surface area contributed by atoms with Crippen molar-refractivity contribution in [1.29, 1.82) is 0 Å². The van der Waals surface area contributed by atoms with Gasteiger partial charge in [0.25, 0.3) is 0 Å². The van der Waals surface area contributed by atoms with Gasteiger partial charge in [-0.3, -0.25) is 9.84 Å². The van der Waals surface area contributed by atoms with Crippen LogP contribution in [0.5, 0.6) is 0 Å². The number of aromatic nitrogens is 2. The molecule has 1 N–H and O–H groups in total. The van der Waals surface area contributed by atoms with E-state index < -0.39 is 46.6 Å². The number of nitrogens with zero attached hydrogens (tertiary/aromatic N) is 1. The number of halogens is 12. The summed E-state index contributed by atoms with van der Waals surface area (Å²) in [5.74, 6) is -13.0. The Labute approximate surface area is 129 Å². The van der Waals surface area contributed by atoms with E-state index in [4.69, 9.17) is 11.6 Å². The van der Waals surface area contributed by atoms with Crippen LogP contribution in [0.2, 0.25) is 5.02 Å². The van der Waals surface area contributed by atoms with Gasteiger partial charge < -0.3 is 0 Å². The number of hydrogen-bond donors (Lipinski definition) is 1. The molecular weight excluding hydrogens is 397 g/mol. The number of alkyl halides is 11. The maximum absolute atomic E-state index is 14.0. The monoisotopic (exact) mass is 400 g/mol. The Bertz CT molecular complexity index is 608. The Morgan fingerprint density at radius 2 is 1.33 bits per heavy atom. The number of aryl methyl sites for hydroxylation is 1. The van der Waals surface area contributed by atoms with Gasteiger partial charge in [0, 0.05) is 0 Å². The highest BCUT2D eigenvalue weighted by atomic mass is 35.5. The van der Waals surface area contributed by atoms with Gasteiger partial charge >= 0.3 is 30.2 Å². The van der Waals surface area contributed by atoms with E-state index in [9.17, 15) is 48.3 Å². The van der Waals surface area contributed by atoms with E-state index in [0.29, 0.717) is 0 Å². The number of rotatable bonds is 4. The molecule has 0 saturated carbocycles. The lowest BCUT2D eigenvalue weighted by Crippen LogP contribution is -2.58. The molecule has 1 aromatic heterocycles. The smallest absolute Gasteiger partial charge is 0.281 e. The van der Waals surface area contributed by atoms with E-state index >= 15 is 0 Å². The second-order valence-corrected chi connectivity index (χ2v) is 4.67. The van der Waals surface area contributed by atoms with Crippen molar-refractivity contribution in [2.75, 3.05) is 0 Å². The zero-order valence-electron chi connectivity index (χ0n) is 10.9. The molecule has 0 unspecified atom stereocenters. The summed E-state index contributed by atoms with van der Waals surface area (Å²) in [6, 6.07) is 0. The van der Waals surface area contributed by atoms with Gasteiger partial charge in [0.1, 0.15) is 0 Å². The van der Waals surface area contributed by atoms with Gasteiger partial charge in [-0.1, -0.05) is 11.6 Å². The van der Waals surface area contributed by atoms with E-state index in [-0.39, 0.29) is 0 Å². The highest BCUT2D eigenvalue weighted by Gasteiger charge is 2.79. The Balaban J connectivity index is 3.48. The molecule has 0 aliphatic carbocycles. The van der Waals surface area contributed by atoms with Crippen LogP contribution in [0.3, 0.4) is 0 Å². The molecule has 0 saturated heterocycles. The number of ether oxygens (including phenoxy) is 1. The minimum atomic E-state index is -7.14. The molecule has 0 amide bonds. The summed E-state index contributed by atoms with van der Waals surface area (Å²) < 4.78 is 142. The Hall–Kier alpha value is -1.31. The standard InChI is InChI=1S/C9H4ClF11N2O/c1-2-3(10)4(23-22-2)5(11,7(14,15)16)24-9(20,21)6(12,13)8(17,18)19/h1H3,(H,22,23)/t5-/m1/s1. The van der Waals surface area contributed by atoms with Gasteiger partial charge in [-0.15, -0.1) is 0 Å². The highest BCUT2D eigenvalue weighted by molar-refractivity contribution is 6.31. The lowest BCUT2D eigenvalue weighted by Gasteiger charge is -2.34. The van der Waals surface area contributed by atoms with Crippen molar-refractivity contribution in [3.05, 3.63) is 16.4 Å². The number of hydrogen-bond acceptors (Lipinski definition) is 2. The Morgan fingerprint density at radius 3 is 1.62 bits per heavy atom. The molecular formula is C9H4ClF11N2O. The summed E-state index contributed by atoms with van der Waals surface area (Å²) in [7, 11) is 0. The summed E-state index contributed by atoms with van der Waals surface area (Å²) in [6.07, 6.45) is -20.5. The molecule has 3 nitrogen and oxygen atoms in total. The molecule has 1 atom stereocenters. The average Bonchev–Trinajstić information content (AvgIpc) is 2.66. The minimum Gasteiger partial charge on any atom is -0.281 e. The Kier molecular flexibility index (Phi) is 4.84. The molecule has 0 radical (unpaired) electrons. The molecule has 0 bridgehead atoms. The molecule has 24 heavy (non-hydrogen) atoms. The van der Waals surface area contributed by atoms with Crippen molar-refractivity contribution in [2.45, 2.75) is 37.2 Å².